The number of nitrogen functional groups attached to an aromatic ring is 1. The van der Waals surface area contributed by atoms with Crippen LogP contribution < -0.4 is 16.4 Å². The largest absolute Gasteiger partial charge is 0.390 e. The number of piperidine rings is 1. The van der Waals surface area contributed by atoms with Crippen LogP contribution in [0.25, 0.3) is 11.3 Å². The van der Waals surface area contributed by atoms with Crippen LogP contribution in [0.3, 0.4) is 0 Å². The number of pyridine rings is 1. The average molecular weight is 453 g/mol. The van der Waals surface area contributed by atoms with E-state index >= 15 is 0 Å². The summed E-state index contributed by atoms with van der Waals surface area (Å²) < 4.78 is 5.81. The molecular weight excluding hydrogens is 427 g/mol. The highest BCUT2D eigenvalue weighted by Crippen LogP contribution is 2.42. The van der Waals surface area contributed by atoms with Gasteiger partial charge in [-0.3, -0.25) is 0 Å². The normalized spacial score (nSPS) is 23.3. The van der Waals surface area contributed by atoms with Gasteiger partial charge in [0, 0.05) is 30.1 Å². The highest BCUT2D eigenvalue weighted by atomic mass is 35.5. The van der Waals surface area contributed by atoms with E-state index in [1.165, 1.54) is 0 Å². The molecule has 0 unspecified atom stereocenters. The van der Waals surface area contributed by atoms with Crippen LogP contribution in [0.15, 0.2) is 6.07 Å². The zero-order valence-corrected chi connectivity index (χ0v) is 18.5. The third-order valence-corrected chi connectivity index (χ3v) is 7.12. The van der Waals surface area contributed by atoms with Gasteiger partial charge in [0.05, 0.1) is 35.7 Å². The maximum atomic E-state index is 10.0. The molecule has 0 bridgehead atoms. The van der Waals surface area contributed by atoms with E-state index < -0.39 is 0 Å². The van der Waals surface area contributed by atoms with Crippen molar-refractivity contribution >= 4 is 34.8 Å². The van der Waals surface area contributed by atoms with Crippen LogP contribution in [0.1, 0.15) is 31.2 Å². The average Bonchev–Trinajstić information content (AvgIpc) is 3.00. The van der Waals surface area contributed by atoms with Gasteiger partial charge >= 0.3 is 0 Å². The van der Waals surface area contributed by atoms with E-state index in [1.54, 1.807) is 6.07 Å². The van der Waals surface area contributed by atoms with E-state index in [0.717, 1.165) is 25.9 Å². The van der Waals surface area contributed by atoms with Crippen molar-refractivity contribution in [3.8, 4) is 11.3 Å². The highest BCUT2D eigenvalue weighted by molar-refractivity contribution is 6.43. The second-order valence-electron chi connectivity index (χ2n) is 8.18. The van der Waals surface area contributed by atoms with Crippen LogP contribution in [0.2, 0.25) is 10.2 Å². The molecule has 4 heterocycles. The number of ether oxygens (including phenoxy) is 1. The monoisotopic (exact) mass is 452 g/mol. The lowest BCUT2D eigenvalue weighted by Gasteiger charge is -2.42. The van der Waals surface area contributed by atoms with Gasteiger partial charge in [0.15, 0.2) is 11.0 Å². The first kappa shape index (κ1) is 21.5. The third kappa shape index (κ3) is 3.61. The molecule has 2 atom stereocenters. The number of hydrogen-bond donors (Lipinski definition) is 3. The number of anilines is 2. The van der Waals surface area contributed by atoms with Gasteiger partial charge in [0.25, 0.3) is 0 Å². The molecule has 30 heavy (non-hydrogen) atoms. The minimum atomic E-state index is -0.247. The van der Waals surface area contributed by atoms with Crippen molar-refractivity contribution < 1.29 is 9.84 Å². The van der Waals surface area contributed by atoms with Crippen LogP contribution in [0.4, 0.5) is 11.6 Å². The van der Waals surface area contributed by atoms with Crippen molar-refractivity contribution in [2.45, 2.75) is 45.4 Å². The summed E-state index contributed by atoms with van der Waals surface area (Å²) in [4.78, 5) is 15.5. The van der Waals surface area contributed by atoms with E-state index in [0.29, 0.717) is 35.1 Å². The maximum absolute atomic E-state index is 10.0. The fourth-order valence-electron chi connectivity index (χ4n) is 4.48. The Morgan fingerprint density at radius 2 is 1.97 bits per heavy atom. The van der Waals surface area contributed by atoms with Gasteiger partial charge in [-0.15, -0.1) is 0 Å². The molecule has 1 spiro atoms. The van der Waals surface area contributed by atoms with Crippen molar-refractivity contribution in [1.82, 2.24) is 15.0 Å². The van der Waals surface area contributed by atoms with E-state index in [1.807, 2.05) is 13.8 Å². The first-order valence-electron chi connectivity index (χ1n) is 9.98. The molecule has 0 saturated carbocycles. The number of nitrogens with zero attached hydrogens (tertiary/aromatic N) is 4. The molecule has 0 amide bonds. The van der Waals surface area contributed by atoms with Crippen LogP contribution in [0, 0.1) is 12.3 Å². The standard InChI is InChI=1S/C20H26Cl2N6O2/c1-10-16(12-7-14(23)27-18(22)15(12)21)26-13(8-29)19(25-10)28-5-3-20(4-6-28)9-30-11(2)17(20)24/h7,11,17,29H,3-6,8-9,24H2,1-2H3,(H2,23,27)/t11-,17+/m0/s1. The maximum Gasteiger partial charge on any atom is 0.153 e. The molecule has 10 heteroatoms. The number of aliphatic hydroxyl groups is 1. The van der Waals surface area contributed by atoms with Crippen molar-refractivity contribution in [2.75, 3.05) is 30.3 Å². The third-order valence-electron chi connectivity index (χ3n) is 6.37. The molecule has 4 rings (SSSR count). The van der Waals surface area contributed by atoms with Gasteiger partial charge in [-0.1, -0.05) is 23.2 Å². The molecule has 2 aromatic heterocycles. The lowest BCUT2D eigenvalue weighted by Crippen LogP contribution is -2.51. The summed E-state index contributed by atoms with van der Waals surface area (Å²) in [7, 11) is 0. The minimum Gasteiger partial charge on any atom is -0.390 e. The molecule has 0 aromatic carbocycles. The molecule has 8 nitrogen and oxygen atoms in total. The van der Waals surface area contributed by atoms with Crippen molar-refractivity contribution in [3.63, 3.8) is 0 Å². The second kappa shape index (κ2) is 8.09. The number of aryl methyl sites for hydroxylation is 1. The van der Waals surface area contributed by atoms with Crippen LogP contribution in [-0.2, 0) is 11.3 Å². The molecule has 162 valence electrons. The summed E-state index contributed by atoms with van der Waals surface area (Å²) in [6.45, 7) is 5.89. The summed E-state index contributed by atoms with van der Waals surface area (Å²) in [6, 6.07) is 1.65. The quantitative estimate of drug-likeness (QED) is 0.606. The molecular formula is C20H26Cl2N6O2. The van der Waals surface area contributed by atoms with E-state index in [2.05, 4.69) is 14.9 Å². The summed E-state index contributed by atoms with van der Waals surface area (Å²) in [5, 5.41) is 10.4. The number of rotatable bonds is 3. The molecule has 2 fully saturated rings. The topological polar surface area (TPSA) is 123 Å². The number of hydrogen-bond acceptors (Lipinski definition) is 8. The van der Waals surface area contributed by atoms with Gasteiger partial charge in [-0.05, 0) is 32.8 Å². The van der Waals surface area contributed by atoms with Gasteiger partial charge in [0.2, 0.25) is 0 Å². The summed E-state index contributed by atoms with van der Waals surface area (Å²) >= 11 is 12.4. The summed E-state index contributed by atoms with van der Waals surface area (Å²) in [6.07, 6.45) is 1.90. The lowest BCUT2D eigenvalue weighted by atomic mass is 9.73. The summed E-state index contributed by atoms with van der Waals surface area (Å²) in [5.74, 6) is 0.916. The second-order valence-corrected chi connectivity index (χ2v) is 8.91. The van der Waals surface area contributed by atoms with Gasteiger partial charge in [0.1, 0.15) is 11.5 Å². The Bertz CT molecular complexity index is 965. The Morgan fingerprint density at radius 1 is 1.27 bits per heavy atom. The summed E-state index contributed by atoms with van der Waals surface area (Å²) in [5.41, 5.74) is 14.5. The molecule has 0 radical (unpaired) electrons. The highest BCUT2D eigenvalue weighted by Gasteiger charge is 2.47. The molecule has 2 aromatic rings. The molecule has 2 aliphatic rings. The number of nitrogens with two attached hydrogens (primary N) is 2. The molecule has 0 aliphatic carbocycles. The predicted molar refractivity (Wildman–Crippen MR) is 118 cm³/mol. The number of aromatic nitrogens is 3. The predicted octanol–water partition coefficient (Wildman–Crippen LogP) is 2.56. The number of aliphatic hydroxyl groups excluding tert-OH is 1. The number of halogens is 2. The van der Waals surface area contributed by atoms with Crippen molar-refractivity contribution in [3.05, 3.63) is 27.6 Å². The minimum absolute atomic E-state index is 0.0105. The lowest BCUT2D eigenvalue weighted by molar-refractivity contribution is 0.0973. The van der Waals surface area contributed by atoms with Gasteiger partial charge in [-0.25, -0.2) is 15.0 Å². The molecule has 2 aliphatic heterocycles. The Balaban J connectivity index is 1.64. The smallest absolute Gasteiger partial charge is 0.153 e. The Hall–Kier alpha value is -1.71. The molecule has 5 N–H and O–H groups in total. The van der Waals surface area contributed by atoms with E-state index in [4.69, 9.17) is 44.4 Å². The van der Waals surface area contributed by atoms with E-state index in [-0.39, 0.29) is 40.2 Å². The fourth-order valence-corrected chi connectivity index (χ4v) is 4.87. The Kier molecular flexibility index (Phi) is 5.80. The first-order valence-corrected chi connectivity index (χ1v) is 10.7. The van der Waals surface area contributed by atoms with Gasteiger partial charge < -0.3 is 26.2 Å². The van der Waals surface area contributed by atoms with Crippen LogP contribution in [-0.4, -0.2) is 51.9 Å². The first-order chi connectivity index (χ1) is 14.3. The van der Waals surface area contributed by atoms with Crippen molar-refractivity contribution in [2.24, 2.45) is 11.1 Å². The van der Waals surface area contributed by atoms with Crippen LogP contribution >= 0.6 is 23.2 Å². The van der Waals surface area contributed by atoms with Crippen molar-refractivity contribution in [1.29, 1.82) is 0 Å². The van der Waals surface area contributed by atoms with Crippen LogP contribution in [0.5, 0.6) is 0 Å². The Labute approximate surface area is 185 Å². The zero-order chi connectivity index (χ0) is 21.6. The van der Waals surface area contributed by atoms with Gasteiger partial charge in [-0.2, -0.15) is 0 Å². The fraction of sp³-hybridized carbons (Fsp3) is 0.550. The zero-order valence-electron chi connectivity index (χ0n) is 17.0. The Morgan fingerprint density at radius 3 is 2.57 bits per heavy atom. The van der Waals surface area contributed by atoms with E-state index in [9.17, 15) is 5.11 Å². The molecule has 2 saturated heterocycles. The SMILES string of the molecule is Cc1nc(N2CCC3(CC2)CO[C@@H](C)[C@H]3N)c(CO)nc1-c1cc(N)nc(Cl)c1Cl.